The molecule has 1 aromatic carbocycles. The number of aryl methyl sites for hydroxylation is 1. The van der Waals surface area contributed by atoms with Crippen LogP contribution in [-0.4, -0.2) is 26.2 Å². The maximum Gasteiger partial charge on any atom is 0.243 e. The van der Waals surface area contributed by atoms with E-state index in [-0.39, 0.29) is 23.8 Å². The predicted octanol–water partition coefficient (Wildman–Crippen LogP) is 1.40. The monoisotopic (exact) mass is 304 g/mol. The van der Waals surface area contributed by atoms with Crippen LogP contribution in [0.5, 0.6) is 0 Å². The second-order valence-corrected chi connectivity index (χ2v) is 6.96. The molecule has 1 atom stereocenters. The van der Waals surface area contributed by atoms with Gasteiger partial charge in [-0.3, -0.25) is 0 Å². The molecule has 0 saturated carbocycles. The molecule has 0 aliphatic carbocycles. The minimum atomic E-state index is -4.06. The van der Waals surface area contributed by atoms with Gasteiger partial charge in [0.2, 0.25) is 10.0 Å². The van der Waals surface area contributed by atoms with Gasteiger partial charge < -0.3 is 10.8 Å². The van der Waals surface area contributed by atoms with Gasteiger partial charge in [-0.2, -0.15) is 0 Å². The van der Waals surface area contributed by atoms with Crippen molar-refractivity contribution in [2.75, 3.05) is 12.3 Å². The van der Waals surface area contributed by atoms with Crippen LogP contribution < -0.4 is 10.5 Å². The summed E-state index contributed by atoms with van der Waals surface area (Å²) in [7, 11) is -4.06. The number of benzene rings is 1. The number of hydrogen-bond donors (Lipinski definition) is 3. The molecule has 0 saturated heterocycles. The summed E-state index contributed by atoms with van der Waals surface area (Å²) in [5.41, 5.74) is 5.90. The largest absolute Gasteiger partial charge is 0.399 e. The molecule has 7 heteroatoms. The SMILES string of the molecule is Cc1cc(N)cc(S(=O)(=O)NC(CO)CC(C)C)c1F. The van der Waals surface area contributed by atoms with E-state index in [0.29, 0.717) is 6.42 Å². The molecule has 0 aliphatic heterocycles. The number of rotatable bonds is 6. The van der Waals surface area contributed by atoms with Crippen LogP contribution in [-0.2, 0) is 10.0 Å². The molecule has 0 bridgehead atoms. The van der Waals surface area contributed by atoms with Crippen LogP contribution in [0.4, 0.5) is 10.1 Å². The van der Waals surface area contributed by atoms with Crippen LogP contribution in [0.2, 0.25) is 0 Å². The van der Waals surface area contributed by atoms with Crippen LogP contribution >= 0.6 is 0 Å². The highest BCUT2D eigenvalue weighted by molar-refractivity contribution is 7.89. The lowest BCUT2D eigenvalue weighted by atomic mass is 10.1. The van der Waals surface area contributed by atoms with Crippen molar-refractivity contribution in [3.63, 3.8) is 0 Å². The number of nitrogen functional groups attached to an aromatic ring is 1. The van der Waals surface area contributed by atoms with Crippen molar-refractivity contribution in [2.45, 2.75) is 38.1 Å². The average Bonchev–Trinajstić information content (AvgIpc) is 2.31. The van der Waals surface area contributed by atoms with Crippen LogP contribution in [0.25, 0.3) is 0 Å². The fourth-order valence-corrected chi connectivity index (χ4v) is 3.40. The number of sulfonamides is 1. The van der Waals surface area contributed by atoms with E-state index in [1.54, 1.807) is 0 Å². The van der Waals surface area contributed by atoms with Gasteiger partial charge in [-0.25, -0.2) is 17.5 Å². The van der Waals surface area contributed by atoms with E-state index in [1.165, 1.54) is 13.0 Å². The third kappa shape index (κ3) is 4.16. The molecule has 0 fully saturated rings. The summed E-state index contributed by atoms with van der Waals surface area (Å²) < 4.78 is 40.7. The van der Waals surface area contributed by atoms with E-state index in [2.05, 4.69) is 4.72 Å². The molecule has 0 heterocycles. The molecule has 0 amide bonds. The summed E-state index contributed by atoms with van der Waals surface area (Å²) in [6.45, 7) is 4.91. The van der Waals surface area contributed by atoms with Crippen LogP contribution in [0.15, 0.2) is 17.0 Å². The van der Waals surface area contributed by atoms with Crippen molar-refractivity contribution in [3.05, 3.63) is 23.5 Å². The zero-order chi connectivity index (χ0) is 15.5. The van der Waals surface area contributed by atoms with Crippen molar-refractivity contribution in [1.29, 1.82) is 0 Å². The third-order valence-corrected chi connectivity index (χ3v) is 4.35. The highest BCUT2D eigenvalue weighted by Gasteiger charge is 2.24. The molecular weight excluding hydrogens is 283 g/mol. The van der Waals surface area contributed by atoms with E-state index in [9.17, 15) is 17.9 Å². The molecule has 1 aromatic rings. The third-order valence-electron chi connectivity index (χ3n) is 2.83. The first-order valence-electron chi connectivity index (χ1n) is 6.36. The number of aliphatic hydroxyl groups is 1. The van der Waals surface area contributed by atoms with Crippen molar-refractivity contribution in [1.82, 2.24) is 4.72 Å². The van der Waals surface area contributed by atoms with Gasteiger partial charge in [0.25, 0.3) is 0 Å². The van der Waals surface area contributed by atoms with Gasteiger partial charge in [-0.1, -0.05) is 13.8 Å². The van der Waals surface area contributed by atoms with Crippen LogP contribution in [0.1, 0.15) is 25.8 Å². The van der Waals surface area contributed by atoms with E-state index in [4.69, 9.17) is 5.73 Å². The van der Waals surface area contributed by atoms with E-state index in [0.717, 1.165) is 6.07 Å². The van der Waals surface area contributed by atoms with Crippen LogP contribution in [0.3, 0.4) is 0 Å². The lowest BCUT2D eigenvalue weighted by Gasteiger charge is -2.19. The zero-order valence-corrected chi connectivity index (χ0v) is 12.7. The van der Waals surface area contributed by atoms with E-state index in [1.807, 2.05) is 13.8 Å². The molecule has 20 heavy (non-hydrogen) atoms. The number of nitrogens with one attached hydrogen (secondary N) is 1. The second-order valence-electron chi connectivity index (χ2n) is 5.28. The Bertz CT molecular complexity index is 573. The van der Waals surface area contributed by atoms with Crippen molar-refractivity contribution < 1.29 is 17.9 Å². The Hall–Kier alpha value is -1.18. The summed E-state index contributed by atoms with van der Waals surface area (Å²) in [5.74, 6) is -0.629. The van der Waals surface area contributed by atoms with Gasteiger partial charge in [0, 0.05) is 11.7 Å². The smallest absolute Gasteiger partial charge is 0.243 e. The molecule has 114 valence electrons. The summed E-state index contributed by atoms with van der Waals surface area (Å²) in [6, 6.07) is 1.79. The molecule has 1 unspecified atom stereocenters. The van der Waals surface area contributed by atoms with Crippen molar-refractivity contribution in [3.8, 4) is 0 Å². The maximum atomic E-state index is 14.0. The Balaban J connectivity index is 3.11. The van der Waals surface area contributed by atoms with E-state index < -0.39 is 26.8 Å². The van der Waals surface area contributed by atoms with Crippen molar-refractivity contribution in [2.24, 2.45) is 5.92 Å². The van der Waals surface area contributed by atoms with Gasteiger partial charge in [0.1, 0.15) is 10.7 Å². The molecule has 0 aliphatic rings. The average molecular weight is 304 g/mol. The molecule has 1 rings (SSSR count). The van der Waals surface area contributed by atoms with Crippen LogP contribution in [0, 0.1) is 18.7 Å². The fourth-order valence-electron chi connectivity index (χ4n) is 1.97. The molecule has 0 spiro atoms. The number of anilines is 1. The van der Waals surface area contributed by atoms with Gasteiger partial charge in [0.15, 0.2) is 0 Å². The summed E-state index contributed by atoms with van der Waals surface area (Å²) in [4.78, 5) is -0.489. The number of aliphatic hydroxyl groups excluding tert-OH is 1. The number of hydrogen-bond acceptors (Lipinski definition) is 4. The Morgan fingerprint density at radius 2 is 2.00 bits per heavy atom. The van der Waals surface area contributed by atoms with E-state index >= 15 is 0 Å². The quantitative estimate of drug-likeness (QED) is 0.693. The topological polar surface area (TPSA) is 92.4 Å². The number of halogens is 1. The van der Waals surface area contributed by atoms with Gasteiger partial charge in [-0.05, 0) is 37.0 Å². The fraction of sp³-hybridized carbons (Fsp3) is 0.538. The normalized spacial score (nSPS) is 13.7. The van der Waals surface area contributed by atoms with Gasteiger partial charge >= 0.3 is 0 Å². The predicted molar refractivity (Wildman–Crippen MR) is 76.2 cm³/mol. The number of nitrogens with two attached hydrogens (primary N) is 1. The van der Waals surface area contributed by atoms with Gasteiger partial charge in [0.05, 0.1) is 6.61 Å². The highest BCUT2D eigenvalue weighted by atomic mass is 32.2. The molecule has 5 nitrogen and oxygen atoms in total. The highest BCUT2D eigenvalue weighted by Crippen LogP contribution is 2.22. The van der Waals surface area contributed by atoms with Crippen molar-refractivity contribution >= 4 is 15.7 Å². The lowest BCUT2D eigenvalue weighted by Crippen LogP contribution is -2.38. The zero-order valence-electron chi connectivity index (χ0n) is 11.9. The first-order valence-corrected chi connectivity index (χ1v) is 7.84. The molecule has 0 aromatic heterocycles. The minimum absolute atomic E-state index is 0.162. The Morgan fingerprint density at radius 1 is 1.40 bits per heavy atom. The Morgan fingerprint density at radius 3 is 2.50 bits per heavy atom. The molecule has 4 N–H and O–H groups in total. The Labute approximate surface area is 119 Å². The molecule has 0 radical (unpaired) electrons. The Kier molecular flexibility index (Phi) is 5.50. The standard InChI is InChI=1S/C13H21FN2O3S/c1-8(2)4-11(7-17)16-20(18,19)12-6-10(15)5-9(3)13(12)14/h5-6,8,11,16-17H,4,7,15H2,1-3H3. The minimum Gasteiger partial charge on any atom is -0.399 e. The molecular formula is C13H21FN2O3S. The lowest BCUT2D eigenvalue weighted by molar-refractivity contribution is 0.240. The first-order chi connectivity index (χ1) is 9.17. The first kappa shape index (κ1) is 16.9. The second kappa shape index (κ2) is 6.51. The summed E-state index contributed by atoms with van der Waals surface area (Å²) >= 11 is 0. The van der Waals surface area contributed by atoms with Gasteiger partial charge in [-0.15, -0.1) is 0 Å². The summed E-state index contributed by atoms with van der Waals surface area (Å²) in [6.07, 6.45) is 0.457. The summed E-state index contributed by atoms with van der Waals surface area (Å²) in [5, 5.41) is 9.22. The maximum absolute atomic E-state index is 14.0.